The van der Waals surface area contributed by atoms with Crippen LogP contribution in [0, 0.1) is 0 Å². The summed E-state index contributed by atoms with van der Waals surface area (Å²) in [6, 6.07) is 21.3. The highest BCUT2D eigenvalue weighted by Gasteiger charge is 2.10. The minimum Gasteiger partial charge on any atom is -0.459 e. The molecule has 0 aliphatic carbocycles. The second kappa shape index (κ2) is 9.32. The summed E-state index contributed by atoms with van der Waals surface area (Å²) in [6.07, 6.45) is 2.06. The van der Waals surface area contributed by atoms with Gasteiger partial charge in [-0.2, -0.15) is 5.10 Å². The van der Waals surface area contributed by atoms with Gasteiger partial charge in [-0.05, 0) is 35.2 Å². The van der Waals surface area contributed by atoms with Crippen LogP contribution in [0.5, 0.6) is 0 Å². The predicted octanol–water partition coefficient (Wildman–Crippen LogP) is 3.61. The molecular weight excluding hydrogens is 354 g/mol. The predicted molar refractivity (Wildman–Crippen MR) is 108 cm³/mol. The first kappa shape index (κ1) is 19.1. The summed E-state index contributed by atoms with van der Waals surface area (Å²) >= 11 is 0. The number of nitrogens with one attached hydrogen (secondary N) is 2. The van der Waals surface area contributed by atoms with Crippen molar-refractivity contribution in [1.29, 1.82) is 0 Å². The fourth-order valence-corrected chi connectivity index (χ4v) is 2.66. The van der Waals surface area contributed by atoms with Crippen molar-refractivity contribution in [2.75, 3.05) is 6.54 Å². The maximum absolute atomic E-state index is 11.9. The van der Waals surface area contributed by atoms with Crippen molar-refractivity contribution in [3.05, 3.63) is 84.3 Å². The Bertz CT molecular complexity index is 946. The molecule has 0 saturated carbocycles. The SMILES string of the molecule is CC/C(=N\NC(=O)CNC(=O)c1ccco1)c1ccc(-c2ccccc2)cc1. The number of hydrazone groups is 1. The molecule has 0 radical (unpaired) electrons. The van der Waals surface area contributed by atoms with Gasteiger partial charge in [0, 0.05) is 0 Å². The largest absolute Gasteiger partial charge is 0.459 e. The van der Waals surface area contributed by atoms with E-state index in [1.807, 2.05) is 49.4 Å². The lowest BCUT2D eigenvalue weighted by Gasteiger charge is -2.07. The zero-order valence-corrected chi connectivity index (χ0v) is 15.5. The summed E-state index contributed by atoms with van der Waals surface area (Å²) in [4.78, 5) is 23.7. The molecule has 0 aliphatic heterocycles. The van der Waals surface area contributed by atoms with Crippen LogP contribution in [0.3, 0.4) is 0 Å². The van der Waals surface area contributed by atoms with Crippen molar-refractivity contribution in [2.24, 2.45) is 5.10 Å². The summed E-state index contributed by atoms with van der Waals surface area (Å²) < 4.78 is 4.97. The van der Waals surface area contributed by atoms with Gasteiger partial charge in [0.25, 0.3) is 11.8 Å². The third-order valence-corrected chi connectivity index (χ3v) is 4.13. The highest BCUT2D eigenvalue weighted by molar-refractivity contribution is 6.01. The Balaban J connectivity index is 1.58. The maximum Gasteiger partial charge on any atom is 0.287 e. The molecule has 0 atom stereocenters. The van der Waals surface area contributed by atoms with Crippen molar-refractivity contribution in [3.63, 3.8) is 0 Å². The number of hydrogen-bond acceptors (Lipinski definition) is 4. The van der Waals surface area contributed by atoms with E-state index < -0.39 is 11.8 Å². The molecule has 142 valence electrons. The van der Waals surface area contributed by atoms with E-state index in [-0.39, 0.29) is 12.3 Å². The zero-order chi connectivity index (χ0) is 19.8. The van der Waals surface area contributed by atoms with Gasteiger partial charge in [0.1, 0.15) is 0 Å². The molecule has 6 heteroatoms. The topological polar surface area (TPSA) is 83.7 Å². The summed E-state index contributed by atoms with van der Waals surface area (Å²) in [5.41, 5.74) is 6.43. The molecule has 0 spiro atoms. The van der Waals surface area contributed by atoms with Crippen molar-refractivity contribution in [1.82, 2.24) is 10.7 Å². The molecule has 0 fully saturated rings. The molecule has 2 amide bonds. The molecule has 2 N–H and O–H groups in total. The first-order valence-electron chi connectivity index (χ1n) is 9.00. The third kappa shape index (κ3) is 4.94. The number of nitrogens with zero attached hydrogens (tertiary/aromatic N) is 1. The standard InChI is InChI=1S/C22H21N3O3/c1-2-19(18-12-10-17(11-13-18)16-7-4-3-5-8-16)24-25-21(26)15-23-22(27)20-9-6-14-28-20/h3-14H,2,15H2,1H3,(H,23,27)(H,25,26)/b24-19+. The van der Waals surface area contributed by atoms with Crippen LogP contribution in [0.4, 0.5) is 0 Å². The van der Waals surface area contributed by atoms with Crippen LogP contribution in [0.15, 0.2) is 82.5 Å². The van der Waals surface area contributed by atoms with Crippen LogP contribution in [-0.2, 0) is 4.79 Å². The lowest BCUT2D eigenvalue weighted by atomic mass is 10.0. The van der Waals surface area contributed by atoms with Gasteiger partial charge in [-0.15, -0.1) is 0 Å². The lowest BCUT2D eigenvalue weighted by molar-refractivity contribution is -0.120. The molecule has 3 rings (SSSR count). The van der Waals surface area contributed by atoms with Crippen LogP contribution < -0.4 is 10.7 Å². The average molecular weight is 375 g/mol. The van der Waals surface area contributed by atoms with Gasteiger partial charge >= 0.3 is 0 Å². The Labute approximate surface area is 163 Å². The van der Waals surface area contributed by atoms with Crippen molar-refractivity contribution in [3.8, 4) is 11.1 Å². The summed E-state index contributed by atoms with van der Waals surface area (Å²) in [6.45, 7) is 1.78. The van der Waals surface area contributed by atoms with Crippen molar-refractivity contribution in [2.45, 2.75) is 13.3 Å². The van der Waals surface area contributed by atoms with E-state index in [1.165, 1.54) is 12.3 Å². The number of benzene rings is 2. The molecule has 0 unspecified atom stereocenters. The molecular formula is C22H21N3O3. The smallest absolute Gasteiger partial charge is 0.287 e. The van der Waals surface area contributed by atoms with Crippen LogP contribution in [0.1, 0.15) is 29.5 Å². The Morgan fingerprint density at radius 3 is 2.29 bits per heavy atom. The van der Waals surface area contributed by atoms with Gasteiger partial charge in [0.2, 0.25) is 0 Å². The molecule has 1 heterocycles. The van der Waals surface area contributed by atoms with Crippen LogP contribution >= 0.6 is 0 Å². The van der Waals surface area contributed by atoms with Crippen molar-refractivity contribution < 1.29 is 14.0 Å². The second-order valence-electron chi connectivity index (χ2n) is 6.05. The molecule has 28 heavy (non-hydrogen) atoms. The van der Waals surface area contributed by atoms with Crippen LogP contribution in [0.25, 0.3) is 11.1 Å². The number of carbonyl (C=O) groups is 2. The van der Waals surface area contributed by atoms with E-state index in [1.54, 1.807) is 6.07 Å². The Kier molecular flexibility index (Phi) is 6.36. The fourth-order valence-electron chi connectivity index (χ4n) is 2.66. The Morgan fingerprint density at radius 2 is 1.64 bits per heavy atom. The summed E-state index contributed by atoms with van der Waals surface area (Å²) in [5, 5.41) is 6.68. The van der Waals surface area contributed by atoms with Crippen LogP contribution in [0.2, 0.25) is 0 Å². The highest BCUT2D eigenvalue weighted by Crippen LogP contribution is 2.19. The van der Waals surface area contributed by atoms with E-state index in [0.29, 0.717) is 6.42 Å². The number of carbonyl (C=O) groups excluding carboxylic acids is 2. The summed E-state index contributed by atoms with van der Waals surface area (Å²) in [5.74, 6) is -0.702. The minimum atomic E-state index is -0.448. The number of rotatable bonds is 7. The monoisotopic (exact) mass is 375 g/mol. The maximum atomic E-state index is 11.9. The van der Waals surface area contributed by atoms with Crippen LogP contribution in [-0.4, -0.2) is 24.1 Å². The quantitative estimate of drug-likeness (QED) is 0.489. The van der Waals surface area contributed by atoms with Gasteiger partial charge in [0.05, 0.1) is 18.5 Å². The summed E-state index contributed by atoms with van der Waals surface area (Å²) in [7, 11) is 0. The second-order valence-corrected chi connectivity index (χ2v) is 6.05. The molecule has 1 aromatic heterocycles. The van der Waals surface area contributed by atoms with Crippen molar-refractivity contribution >= 4 is 17.5 Å². The van der Waals surface area contributed by atoms with Gasteiger partial charge in [-0.1, -0.05) is 61.5 Å². The molecule has 0 saturated heterocycles. The van der Waals surface area contributed by atoms with E-state index in [2.05, 4.69) is 28.0 Å². The first-order chi connectivity index (χ1) is 13.7. The average Bonchev–Trinajstić information content (AvgIpc) is 3.28. The molecule has 0 bridgehead atoms. The highest BCUT2D eigenvalue weighted by atomic mass is 16.3. The molecule has 2 aromatic carbocycles. The third-order valence-electron chi connectivity index (χ3n) is 4.13. The van der Waals surface area contributed by atoms with E-state index >= 15 is 0 Å². The Morgan fingerprint density at radius 1 is 0.929 bits per heavy atom. The fraction of sp³-hybridized carbons (Fsp3) is 0.136. The zero-order valence-electron chi connectivity index (χ0n) is 15.5. The molecule has 3 aromatic rings. The lowest BCUT2D eigenvalue weighted by Crippen LogP contribution is -2.35. The number of hydrogen-bond donors (Lipinski definition) is 2. The Hall–Kier alpha value is -3.67. The number of furan rings is 1. The molecule has 0 aliphatic rings. The molecule has 6 nitrogen and oxygen atoms in total. The minimum absolute atomic E-state index is 0.157. The van der Waals surface area contributed by atoms with Gasteiger partial charge in [-0.3, -0.25) is 9.59 Å². The van der Waals surface area contributed by atoms with Gasteiger partial charge < -0.3 is 9.73 Å². The number of amides is 2. The van der Waals surface area contributed by atoms with E-state index in [0.717, 1.165) is 22.4 Å². The first-order valence-corrected chi connectivity index (χ1v) is 9.00. The van der Waals surface area contributed by atoms with Gasteiger partial charge in [-0.25, -0.2) is 5.43 Å². The van der Waals surface area contributed by atoms with E-state index in [9.17, 15) is 9.59 Å². The van der Waals surface area contributed by atoms with E-state index in [4.69, 9.17) is 4.42 Å². The normalized spacial score (nSPS) is 11.1. The van der Waals surface area contributed by atoms with Gasteiger partial charge in [0.15, 0.2) is 5.76 Å².